The van der Waals surface area contributed by atoms with E-state index in [9.17, 15) is 0 Å². The quantitative estimate of drug-likeness (QED) is 0.581. The van der Waals surface area contributed by atoms with Gasteiger partial charge in [-0.3, -0.25) is 0 Å². The fourth-order valence-electron chi connectivity index (χ4n) is 0.995. The maximum atomic E-state index is 3.70. The number of hydrogen-bond donors (Lipinski definition) is 0. The Balaban J connectivity index is 0.000000561. The second kappa shape index (κ2) is 6.66. The van der Waals surface area contributed by atoms with Gasteiger partial charge in [0.1, 0.15) is 0 Å². The zero-order chi connectivity index (χ0) is 9.40. The van der Waals surface area contributed by atoms with Crippen molar-refractivity contribution in [3.63, 3.8) is 0 Å². The molecule has 0 aliphatic heterocycles. The number of allylic oxidation sites excluding steroid dienone is 1. The van der Waals surface area contributed by atoms with Crippen LogP contribution < -0.4 is 0 Å². The van der Waals surface area contributed by atoms with Gasteiger partial charge in [0.2, 0.25) is 0 Å². The Morgan fingerprint density at radius 2 is 1.83 bits per heavy atom. The lowest BCUT2D eigenvalue weighted by molar-refractivity contribution is 1.22. The largest absolute Gasteiger partial charge is 0.103 e. The molecule has 0 N–H and O–H groups in total. The summed E-state index contributed by atoms with van der Waals surface area (Å²) in [6, 6.07) is 8.38. The third-order valence-electron chi connectivity index (χ3n) is 1.63. The second-order valence-corrected chi connectivity index (χ2v) is 2.42. The molecule has 66 valence electrons. The molecule has 12 heavy (non-hydrogen) atoms. The van der Waals surface area contributed by atoms with Crippen LogP contribution in [0.5, 0.6) is 0 Å². The Labute approximate surface area is 75.9 Å². The van der Waals surface area contributed by atoms with Crippen LogP contribution >= 0.6 is 0 Å². The lowest BCUT2D eigenvalue weighted by Crippen LogP contribution is -1.83. The van der Waals surface area contributed by atoms with Gasteiger partial charge in [-0.2, -0.15) is 0 Å². The van der Waals surface area contributed by atoms with Gasteiger partial charge in [-0.15, -0.1) is 6.58 Å². The van der Waals surface area contributed by atoms with Gasteiger partial charge in [-0.1, -0.05) is 44.2 Å². The summed E-state index contributed by atoms with van der Waals surface area (Å²) in [6.45, 7) is 9.82. The normalized spacial score (nSPS) is 8.25. The Bertz CT molecular complexity index is 223. The molecule has 0 saturated carbocycles. The van der Waals surface area contributed by atoms with E-state index in [1.165, 1.54) is 11.1 Å². The number of aryl methyl sites for hydroxylation is 1. The Hall–Kier alpha value is -1.04. The maximum Gasteiger partial charge on any atom is -0.00975 e. The van der Waals surface area contributed by atoms with Crippen molar-refractivity contribution < 1.29 is 0 Å². The molecule has 0 saturated heterocycles. The van der Waals surface area contributed by atoms with Crippen LogP contribution in [0.4, 0.5) is 0 Å². The van der Waals surface area contributed by atoms with E-state index in [2.05, 4.69) is 37.8 Å². The van der Waals surface area contributed by atoms with Crippen LogP contribution in [-0.4, -0.2) is 0 Å². The molecule has 0 aliphatic carbocycles. The molecule has 1 rings (SSSR count). The minimum atomic E-state index is 0.979. The van der Waals surface area contributed by atoms with Gasteiger partial charge >= 0.3 is 0 Å². The molecule has 0 bridgehead atoms. The second-order valence-electron chi connectivity index (χ2n) is 2.42. The van der Waals surface area contributed by atoms with E-state index in [0.717, 1.165) is 6.42 Å². The molecular formula is C12H18. The van der Waals surface area contributed by atoms with E-state index in [4.69, 9.17) is 0 Å². The molecule has 0 amide bonds. The molecular weight excluding hydrogens is 144 g/mol. The fraction of sp³-hybridized carbons (Fsp3) is 0.333. The number of rotatable bonds is 2. The van der Waals surface area contributed by atoms with Crippen molar-refractivity contribution >= 4 is 0 Å². The summed E-state index contributed by atoms with van der Waals surface area (Å²) in [5, 5.41) is 0. The third kappa shape index (κ3) is 3.38. The van der Waals surface area contributed by atoms with E-state index in [0.29, 0.717) is 0 Å². The summed E-state index contributed by atoms with van der Waals surface area (Å²) in [7, 11) is 0. The van der Waals surface area contributed by atoms with Crippen molar-refractivity contribution in [2.45, 2.75) is 27.2 Å². The summed E-state index contributed by atoms with van der Waals surface area (Å²) in [5.74, 6) is 0. The molecule has 0 radical (unpaired) electrons. The number of hydrogen-bond acceptors (Lipinski definition) is 0. The zero-order valence-corrected chi connectivity index (χ0v) is 8.30. The van der Waals surface area contributed by atoms with E-state index in [1.54, 1.807) is 0 Å². The first-order chi connectivity index (χ1) is 5.84. The van der Waals surface area contributed by atoms with Gasteiger partial charge in [-0.05, 0) is 24.5 Å². The predicted molar refractivity (Wildman–Crippen MR) is 56.4 cm³/mol. The molecule has 1 aromatic rings. The topological polar surface area (TPSA) is 0 Å². The van der Waals surface area contributed by atoms with Gasteiger partial charge in [0.05, 0.1) is 0 Å². The molecule has 0 nitrogen and oxygen atoms in total. The molecule has 0 unspecified atom stereocenters. The molecule has 0 spiro atoms. The summed E-state index contributed by atoms with van der Waals surface area (Å²) in [6.07, 6.45) is 2.91. The van der Waals surface area contributed by atoms with E-state index in [1.807, 2.05) is 19.9 Å². The lowest BCUT2D eigenvalue weighted by atomic mass is 10.1. The van der Waals surface area contributed by atoms with Crippen LogP contribution in [0.25, 0.3) is 0 Å². The maximum absolute atomic E-state index is 3.70. The van der Waals surface area contributed by atoms with Crippen LogP contribution in [0, 0.1) is 6.92 Å². The van der Waals surface area contributed by atoms with E-state index >= 15 is 0 Å². The minimum Gasteiger partial charge on any atom is -0.103 e. The fourth-order valence-corrected chi connectivity index (χ4v) is 0.995. The zero-order valence-electron chi connectivity index (χ0n) is 8.30. The molecule has 0 fully saturated rings. The van der Waals surface area contributed by atoms with Gasteiger partial charge in [0.15, 0.2) is 0 Å². The van der Waals surface area contributed by atoms with Crippen molar-refractivity contribution in [1.29, 1.82) is 0 Å². The molecule has 1 aromatic carbocycles. The molecule has 0 aromatic heterocycles. The summed E-state index contributed by atoms with van der Waals surface area (Å²) in [4.78, 5) is 0. The molecule has 0 atom stereocenters. The highest BCUT2D eigenvalue weighted by Crippen LogP contribution is 2.07. The van der Waals surface area contributed by atoms with E-state index < -0.39 is 0 Å². The van der Waals surface area contributed by atoms with Gasteiger partial charge in [-0.25, -0.2) is 0 Å². The Morgan fingerprint density at radius 3 is 2.33 bits per heavy atom. The monoisotopic (exact) mass is 162 g/mol. The smallest absolute Gasteiger partial charge is 0.00975 e. The molecule has 0 heterocycles. The summed E-state index contributed by atoms with van der Waals surface area (Å²) < 4.78 is 0. The highest BCUT2D eigenvalue weighted by molar-refractivity contribution is 5.26. The van der Waals surface area contributed by atoms with Gasteiger partial charge in [0.25, 0.3) is 0 Å². The van der Waals surface area contributed by atoms with Crippen molar-refractivity contribution in [3.8, 4) is 0 Å². The highest BCUT2D eigenvalue weighted by Gasteiger charge is 1.90. The Kier molecular flexibility index (Phi) is 6.08. The average molecular weight is 162 g/mol. The third-order valence-corrected chi connectivity index (χ3v) is 1.63. The van der Waals surface area contributed by atoms with Crippen LogP contribution in [0.1, 0.15) is 25.0 Å². The Morgan fingerprint density at radius 1 is 1.25 bits per heavy atom. The minimum absolute atomic E-state index is 0.979. The standard InChI is InChI=1S/C10H12.C2H6/c1-3-6-10-8-5-4-7-9(10)2;1-2/h3-5,7-8H,1,6H2,2H3;1-2H3. The average Bonchev–Trinajstić information content (AvgIpc) is 2.13. The van der Waals surface area contributed by atoms with Crippen molar-refractivity contribution in [3.05, 3.63) is 48.0 Å². The first kappa shape index (κ1) is 11.0. The summed E-state index contributed by atoms with van der Waals surface area (Å²) >= 11 is 0. The van der Waals surface area contributed by atoms with Gasteiger partial charge < -0.3 is 0 Å². The number of benzene rings is 1. The van der Waals surface area contributed by atoms with Crippen LogP contribution in [0.3, 0.4) is 0 Å². The first-order valence-corrected chi connectivity index (χ1v) is 4.50. The highest BCUT2D eigenvalue weighted by atomic mass is 14.0. The summed E-state index contributed by atoms with van der Waals surface area (Å²) in [5.41, 5.74) is 2.72. The predicted octanol–water partition coefficient (Wildman–Crippen LogP) is 3.75. The van der Waals surface area contributed by atoms with Crippen LogP contribution in [0.2, 0.25) is 0 Å². The van der Waals surface area contributed by atoms with Crippen LogP contribution in [0.15, 0.2) is 36.9 Å². The SMILES string of the molecule is C=CCc1ccccc1C.CC. The van der Waals surface area contributed by atoms with Crippen LogP contribution in [-0.2, 0) is 6.42 Å². The van der Waals surface area contributed by atoms with E-state index in [-0.39, 0.29) is 0 Å². The molecule has 0 aliphatic rings. The van der Waals surface area contributed by atoms with Crippen molar-refractivity contribution in [1.82, 2.24) is 0 Å². The van der Waals surface area contributed by atoms with Crippen molar-refractivity contribution in [2.75, 3.05) is 0 Å². The molecule has 0 heteroatoms. The van der Waals surface area contributed by atoms with Crippen molar-refractivity contribution in [2.24, 2.45) is 0 Å². The lowest BCUT2D eigenvalue weighted by Gasteiger charge is -1.99. The first-order valence-electron chi connectivity index (χ1n) is 4.50. The van der Waals surface area contributed by atoms with Gasteiger partial charge in [0, 0.05) is 0 Å².